The zero-order valence-corrected chi connectivity index (χ0v) is 11.9. The van der Waals surface area contributed by atoms with E-state index in [1.54, 1.807) is 13.3 Å². The van der Waals surface area contributed by atoms with Gasteiger partial charge in [-0.1, -0.05) is 0 Å². The van der Waals surface area contributed by atoms with Gasteiger partial charge < -0.3 is 14.8 Å². The Hall–Kier alpha value is -1.13. The molecule has 1 fully saturated rings. The fraction of sp³-hybridized carbons (Fsp3) is 0.667. The van der Waals surface area contributed by atoms with Gasteiger partial charge in [0.25, 0.3) is 0 Å². The molecular formula is C15H24N2O2. The Morgan fingerprint density at radius 3 is 3.05 bits per heavy atom. The maximum absolute atomic E-state index is 5.79. The van der Waals surface area contributed by atoms with Crippen molar-refractivity contribution in [3.05, 3.63) is 24.0 Å². The highest BCUT2D eigenvalue weighted by Gasteiger charge is 2.17. The monoisotopic (exact) mass is 264 g/mol. The number of nitrogens with one attached hydrogen (secondary N) is 1. The van der Waals surface area contributed by atoms with E-state index in [1.165, 1.54) is 24.8 Å². The van der Waals surface area contributed by atoms with Gasteiger partial charge in [0.05, 0.1) is 19.4 Å². The molecule has 1 aromatic rings. The predicted octanol–water partition coefficient (Wildman–Crippen LogP) is 2.70. The van der Waals surface area contributed by atoms with E-state index in [4.69, 9.17) is 9.47 Å². The molecule has 0 aromatic carbocycles. The lowest BCUT2D eigenvalue weighted by Gasteiger charge is -2.25. The summed E-state index contributed by atoms with van der Waals surface area (Å²) in [5, 5.41) is 3.36. The molecule has 2 atom stereocenters. The van der Waals surface area contributed by atoms with Crippen LogP contribution >= 0.6 is 0 Å². The summed E-state index contributed by atoms with van der Waals surface area (Å²) in [7, 11) is 3.66. The molecule has 4 nitrogen and oxygen atoms in total. The molecule has 1 saturated heterocycles. The van der Waals surface area contributed by atoms with Crippen LogP contribution in [0.1, 0.15) is 43.7 Å². The Morgan fingerprint density at radius 1 is 1.47 bits per heavy atom. The third kappa shape index (κ3) is 4.18. The zero-order chi connectivity index (χ0) is 13.5. The van der Waals surface area contributed by atoms with Crippen LogP contribution in [0, 0.1) is 0 Å². The van der Waals surface area contributed by atoms with E-state index in [1.807, 2.05) is 13.2 Å². The lowest BCUT2D eigenvalue weighted by Crippen LogP contribution is -2.23. The smallest absolute Gasteiger partial charge is 0.137 e. The minimum absolute atomic E-state index is 0.313. The highest BCUT2D eigenvalue weighted by atomic mass is 16.5. The minimum Gasteiger partial charge on any atom is -0.495 e. The first-order valence-corrected chi connectivity index (χ1v) is 7.11. The van der Waals surface area contributed by atoms with Gasteiger partial charge in [0.15, 0.2) is 0 Å². The zero-order valence-electron chi connectivity index (χ0n) is 11.9. The van der Waals surface area contributed by atoms with Gasteiger partial charge in [-0.2, -0.15) is 0 Å². The van der Waals surface area contributed by atoms with E-state index in [-0.39, 0.29) is 0 Å². The molecule has 4 heteroatoms. The number of hydrogen-bond acceptors (Lipinski definition) is 4. The molecule has 19 heavy (non-hydrogen) atoms. The molecule has 0 spiro atoms. The summed E-state index contributed by atoms with van der Waals surface area (Å²) in [5.74, 6) is 0.812. The molecule has 0 amide bonds. The van der Waals surface area contributed by atoms with Crippen molar-refractivity contribution in [2.75, 3.05) is 20.8 Å². The van der Waals surface area contributed by atoms with Gasteiger partial charge in [-0.3, -0.25) is 4.98 Å². The first-order chi connectivity index (χ1) is 9.33. The number of hydrogen-bond donors (Lipinski definition) is 1. The first kappa shape index (κ1) is 14.3. The standard InChI is InChI=1S/C15H24N2O2/c1-16-15(7-6-13-5-3-4-8-19-13)12-9-14(18-2)11-17-10-12/h9-11,13,15-16H,3-8H2,1-2H3. The second-order valence-electron chi connectivity index (χ2n) is 5.07. The molecule has 2 unspecified atom stereocenters. The molecule has 1 aromatic heterocycles. The van der Waals surface area contributed by atoms with Crippen molar-refractivity contribution in [3.8, 4) is 5.75 Å². The summed E-state index contributed by atoms with van der Waals surface area (Å²) in [4.78, 5) is 4.22. The summed E-state index contributed by atoms with van der Waals surface area (Å²) in [5.41, 5.74) is 1.18. The van der Waals surface area contributed by atoms with Gasteiger partial charge in [-0.15, -0.1) is 0 Å². The maximum Gasteiger partial charge on any atom is 0.137 e. The van der Waals surface area contributed by atoms with Crippen molar-refractivity contribution >= 4 is 0 Å². The van der Waals surface area contributed by atoms with Gasteiger partial charge in [0.1, 0.15) is 5.75 Å². The molecule has 2 rings (SSSR count). The number of aromatic nitrogens is 1. The van der Waals surface area contributed by atoms with Crippen molar-refractivity contribution in [1.82, 2.24) is 10.3 Å². The third-order valence-electron chi connectivity index (χ3n) is 3.77. The maximum atomic E-state index is 5.79. The quantitative estimate of drug-likeness (QED) is 0.858. The van der Waals surface area contributed by atoms with Crippen molar-refractivity contribution < 1.29 is 9.47 Å². The van der Waals surface area contributed by atoms with E-state index in [0.29, 0.717) is 12.1 Å². The van der Waals surface area contributed by atoms with Crippen LogP contribution in [0.25, 0.3) is 0 Å². The Balaban J connectivity index is 1.91. The van der Waals surface area contributed by atoms with Gasteiger partial charge in [0, 0.05) is 18.8 Å². The second kappa shape index (κ2) is 7.46. The van der Waals surface area contributed by atoms with Gasteiger partial charge >= 0.3 is 0 Å². The summed E-state index contributed by atoms with van der Waals surface area (Å²) in [6.07, 6.45) is 9.96. The molecule has 0 saturated carbocycles. The molecule has 0 radical (unpaired) electrons. The molecule has 1 N–H and O–H groups in total. The topological polar surface area (TPSA) is 43.4 Å². The summed E-state index contributed by atoms with van der Waals surface area (Å²) < 4.78 is 11.0. The highest BCUT2D eigenvalue weighted by molar-refractivity contribution is 5.25. The van der Waals surface area contributed by atoms with Crippen LogP contribution in [-0.2, 0) is 4.74 Å². The van der Waals surface area contributed by atoms with Crippen LogP contribution in [0.15, 0.2) is 18.5 Å². The van der Waals surface area contributed by atoms with Crippen LogP contribution in [0.3, 0.4) is 0 Å². The average molecular weight is 264 g/mol. The lowest BCUT2D eigenvalue weighted by atomic mass is 9.98. The SMILES string of the molecule is CNC(CCC1CCCCO1)c1cncc(OC)c1. The summed E-state index contributed by atoms with van der Waals surface area (Å²) in [6, 6.07) is 2.36. The average Bonchev–Trinajstić information content (AvgIpc) is 2.49. The second-order valence-corrected chi connectivity index (χ2v) is 5.07. The molecule has 2 heterocycles. The summed E-state index contributed by atoms with van der Waals surface area (Å²) >= 11 is 0. The minimum atomic E-state index is 0.313. The molecule has 106 valence electrons. The van der Waals surface area contributed by atoms with Crippen LogP contribution in [0.2, 0.25) is 0 Å². The molecule has 1 aliphatic heterocycles. The van der Waals surface area contributed by atoms with E-state index < -0.39 is 0 Å². The summed E-state index contributed by atoms with van der Waals surface area (Å²) in [6.45, 7) is 0.926. The van der Waals surface area contributed by atoms with Gasteiger partial charge in [0.2, 0.25) is 0 Å². The van der Waals surface area contributed by atoms with Crippen molar-refractivity contribution in [2.45, 2.75) is 44.2 Å². The number of ether oxygens (including phenoxy) is 2. The van der Waals surface area contributed by atoms with Crippen molar-refractivity contribution in [1.29, 1.82) is 0 Å². The fourth-order valence-electron chi connectivity index (χ4n) is 2.60. The molecule has 0 bridgehead atoms. The Bertz CT molecular complexity index is 378. The van der Waals surface area contributed by atoms with Gasteiger partial charge in [-0.25, -0.2) is 0 Å². The third-order valence-corrected chi connectivity index (χ3v) is 3.77. The van der Waals surface area contributed by atoms with E-state index >= 15 is 0 Å². The van der Waals surface area contributed by atoms with Gasteiger partial charge in [-0.05, 0) is 50.8 Å². The number of nitrogens with zero attached hydrogens (tertiary/aromatic N) is 1. The van der Waals surface area contributed by atoms with E-state index in [0.717, 1.165) is 25.2 Å². The van der Waals surface area contributed by atoms with Crippen molar-refractivity contribution in [3.63, 3.8) is 0 Å². The largest absolute Gasteiger partial charge is 0.495 e. The fourth-order valence-corrected chi connectivity index (χ4v) is 2.60. The van der Waals surface area contributed by atoms with Crippen LogP contribution in [-0.4, -0.2) is 31.9 Å². The number of methoxy groups -OCH3 is 1. The Morgan fingerprint density at radius 2 is 2.37 bits per heavy atom. The van der Waals surface area contributed by atoms with Crippen molar-refractivity contribution in [2.24, 2.45) is 0 Å². The normalized spacial score (nSPS) is 21.1. The number of pyridine rings is 1. The highest BCUT2D eigenvalue weighted by Crippen LogP contribution is 2.25. The molecule has 0 aliphatic carbocycles. The van der Waals surface area contributed by atoms with E-state index in [9.17, 15) is 0 Å². The lowest BCUT2D eigenvalue weighted by molar-refractivity contribution is 0.00865. The predicted molar refractivity (Wildman–Crippen MR) is 75.4 cm³/mol. The van der Waals surface area contributed by atoms with E-state index in [2.05, 4.69) is 16.4 Å². The molecule has 1 aliphatic rings. The Kier molecular flexibility index (Phi) is 5.61. The van der Waals surface area contributed by atoms with Crippen LogP contribution < -0.4 is 10.1 Å². The van der Waals surface area contributed by atoms with Crippen LogP contribution in [0.5, 0.6) is 5.75 Å². The first-order valence-electron chi connectivity index (χ1n) is 7.11. The number of rotatable bonds is 6. The Labute approximate surface area is 115 Å². The molecular weight excluding hydrogens is 240 g/mol. The van der Waals surface area contributed by atoms with Crippen LogP contribution in [0.4, 0.5) is 0 Å².